The summed E-state index contributed by atoms with van der Waals surface area (Å²) in [5.74, 6) is 0.572. The van der Waals surface area contributed by atoms with Crippen LogP contribution in [-0.4, -0.2) is 37.4 Å². The van der Waals surface area contributed by atoms with E-state index in [-0.39, 0.29) is 6.04 Å². The maximum atomic E-state index is 11.6. The van der Waals surface area contributed by atoms with Gasteiger partial charge in [0.05, 0.1) is 14.2 Å². The molecule has 0 spiro atoms. The van der Waals surface area contributed by atoms with Crippen LogP contribution in [-0.2, 0) is 17.6 Å². The highest BCUT2D eigenvalue weighted by Crippen LogP contribution is 2.33. The van der Waals surface area contributed by atoms with Gasteiger partial charge < -0.3 is 19.9 Å². The fourth-order valence-electron chi connectivity index (χ4n) is 3.14. The summed E-state index contributed by atoms with van der Waals surface area (Å²) in [6, 6.07) is 12.9. The van der Waals surface area contributed by atoms with Crippen LogP contribution in [0.1, 0.15) is 23.6 Å². The Kier molecular flexibility index (Phi) is 7.04. The summed E-state index contributed by atoms with van der Waals surface area (Å²) in [6.07, 6.45) is 1.15. The molecule has 2 aromatic rings. The van der Waals surface area contributed by atoms with Crippen LogP contribution in [0.15, 0.2) is 42.5 Å². The molecule has 0 aliphatic heterocycles. The highest BCUT2D eigenvalue weighted by atomic mass is 16.5. The molecule has 5 nitrogen and oxygen atoms in total. The molecular weight excluding hydrogens is 330 g/mol. The largest absolute Gasteiger partial charge is 0.493 e. The lowest BCUT2D eigenvalue weighted by atomic mass is 9.99. The monoisotopic (exact) mass is 357 g/mol. The minimum Gasteiger partial charge on any atom is -0.493 e. The normalized spacial score (nSPS) is 13.1. The first kappa shape index (κ1) is 19.8. The Labute approximate surface area is 155 Å². The van der Waals surface area contributed by atoms with Gasteiger partial charge in [0.15, 0.2) is 11.5 Å². The van der Waals surface area contributed by atoms with Gasteiger partial charge in [-0.2, -0.15) is 0 Å². The van der Waals surface area contributed by atoms with Crippen LogP contribution >= 0.6 is 0 Å². The van der Waals surface area contributed by atoms with E-state index in [0.29, 0.717) is 18.6 Å². The van der Waals surface area contributed by atoms with Crippen molar-refractivity contribution < 1.29 is 19.4 Å². The van der Waals surface area contributed by atoms with Crippen LogP contribution in [0.5, 0.6) is 11.5 Å². The third-order valence-electron chi connectivity index (χ3n) is 4.50. The predicted molar refractivity (Wildman–Crippen MR) is 102 cm³/mol. The summed E-state index contributed by atoms with van der Waals surface area (Å²) < 4.78 is 10.8. The zero-order valence-corrected chi connectivity index (χ0v) is 15.8. The molecule has 2 atom stereocenters. The summed E-state index contributed by atoms with van der Waals surface area (Å²) in [7, 11) is 3.23. The molecule has 2 rings (SSSR count). The van der Waals surface area contributed by atoms with Gasteiger partial charge in [-0.15, -0.1) is 0 Å². The van der Waals surface area contributed by atoms with E-state index in [9.17, 15) is 9.90 Å². The molecule has 0 fully saturated rings. The number of ether oxygens (including phenoxy) is 2. The Balaban J connectivity index is 2.08. The summed E-state index contributed by atoms with van der Waals surface area (Å²) in [6.45, 7) is 3.99. The van der Waals surface area contributed by atoms with Gasteiger partial charge in [0.25, 0.3) is 0 Å². The smallest absolute Gasteiger partial charge is 0.321 e. The molecule has 26 heavy (non-hydrogen) atoms. The van der Waals surface area contributed by atoms with Crippen molar-refractivity contribution in [2.24, 2.45) is 0 Å². The third-order valence-corrected chi connectivity index (χ3v) is 4.50. The van der Waals surface area contributed by atoms with Crippen molar-refractivity contribution in [3.8, 4) is 11.5 Å². The first-order valence-corrected chi connectivity index (χ1v) is 8.69. The van der Waals surface area contributed by atoms with Crippen LogP contribution in [0, 0.1) is 6.92 Å². The molecule has 5 heteroatoms. The van der Waals surface area contributed by atoms with Gasteiger partial charge in [-0.25, -0.2) is 0 Å². The lowest BCUT2D eigenvalue weighted by Gasteiger charge is -2.22. The van der Waals surface area contributed by atoms with Crippen LogP contribution in [0.4, 0.5) is 0 Å². The van der Waals surface area contributed by atoms with Gasteiger partial charge in [-0.05, 0) is 49.4 Å². The van der Waals surface area contributed by atoms with Gasteiger partial charge in [-0.1, -0.05) is 36.4 Å². The maximum Gasteiger partial charge on any atom is 0.321 e. The van der Waals surface area contributed by atoms with Crippen molar-refractivity contribution in [1.82, 2.24) is 5.32 Å². The van der Waals surface area contributed by atoms with Crippen molar-refractivity contribution in [2.45, 2.75) is 38.8 Å². The van der Waals surface area contributed by atoms with Gasteiger partial charge in [0.1, 0.15) is 6.04 Å². The molecule has 1 unspecified atom stereocenters. The number of carboxylic acid groups (broad SMARTS) is 1. The first-order valence-electron chi connectivity index (χ1n) is 8.69. The van der Waals surface area contributed by atoms with Crippen molar-refractivity contribution in [3.63, 3.8) is 0 Å². The quantitative estimate of drug-likeness (QED) is 0.721. The molecule has 0 aliphatic rings. The Morgan fingerprint density at radius 3 is 2.35 bits per heavy atom. The second-order valence-electron chi connectivity index (χ2n) is 6.44. The summed E-state index contributed by atoms with van der Waals surface area (Å²) in [5.41, 5.74) is 3.11. The van der Waals surface area contributed by atoms with Crippen LogP contribution < -0.4 is 14.8 Å². The number of nitrogens with one attached hydrogen (secondary N) is 1. The number of aliphatic carboxylic acids is 1. The highest BCUT2D eigenvalue weighted by Gasteiger charge is 2.21. The topological polar surface area (TPSA) is 67.8 Å². The summed E-state index contributed by atoms with van der Waals surface area (Å²) in [4.78, 5) is 11.6. The minimum absolute atomic E-state index is 0.00314. The Morgan fingerprint density at radius 1 is 1.08 bits per heavy atom. The molecule has 0 radical (unpaired) electrons. The number of carbonyl (C=O) groups is 1. The minimum atomic E-state index is -0.843. The molecule has 0 saturated heterocycles. The molecule has 140 valence electrons. The first-order chi connectivity index (χ1) is 12.5. The zero-order chi connectivity index (χ0) is 19.1. The molecule has 2 N–H and O–H groups in total. The highest BCUT2D eigenvalue weighted by molar-refractivity contribution is 5.74. The molecule has 0 bridgehead atoms. The van der Waals surface area contributed by atoms with Gasteiger partial charge in [-0.3, -0.25) is 4.79 Å². The van der Waals surface area contributed by atoms with E-state index in [4.69, 9.17) is 9.47 Å². The third kappa shape index (κ3) is 4.99. The lowest BCUT2D eigenvalue weighted by Crippen LogP contribution is -2.44. The van der Waals surface area contributed by atoms with Crippen molar-refractivity contribution >= 4 is 5.97 Å². The molecule has 0 heterocycles. The maximum absolute atomic E-state index is 11.6. The van der Waals surface area contributed by atoms with E-state index in [1.807, 2.05) is 56.3 Å². The van der Waals surface area contributed by atoms with Gasteiger partial charge >= 0.3 is 5.97 Å². The number of methoxy groups -OCH3 is 2. The molecule has 0 saturated carbocycles. The number of hydrogen-bond acceptors (Lipinski definition) is 4. The standard InChI is InChI=1S/C21H27NO4/c1-14(12-17-10-11-19(25-3)20(26-4)15(17)2)22-18(21(23)24)13-16-8-6-5-7-9-16/h5-11,14,18,22H,12-13H2,1-4H3,(H,23,24)/t14?,18-/m0/s1. The van der Waals surface area contributed by atoms with E-state index >= 15 is 0 Å². The number of benzene rings is 2. The molecule has 0 aliphatic carbocycles. The average molecular weight is 357 g/mol. The fourth-order valence-corrected chi connectivity index (χ4v) is 3.14. The molecule has 0 aromatic heterocycles. The number of hydrogen-bond donors (Lipinski definition) is 2. The number of carboxylic acids is 1. The van der Waals surface area contributed by atoms with E-state index in [1.54, 1.807) is 14.2 Å². The van der Waals surface area contributed by atoms with E-state index in [0.717, 1.165) is 22.4 Å². The van der Waals surface area contributed by atoms with Crippen LogP contribution in [0.3, 0.4) is 0 Å². The van der Waals surface area contributed by atoms with Crippen LogP contribution in [0.2, 0.25) is 0 Å². The van der Waals surface area contributed by atoms with E-state index < -0.39 is 12.0 Å². The van der Waals surface area contributed by atoms with Gasteiger partial charge in [0, 0.05) is 6.04 Å². The fraction of sp³-hybridized carbons (Fsp3) is 0.381. The second kappa shape index (κ2) is 9.25. The van der Waals surface area contributed by atoms with Crippen molar-refractivity contribution in [3.05, 3.63) is 59.2 Å². The van der Waals surface area contributed by atoms with Crippen molar-refractivity contribution in [1.29, 1.82) is 0 Å². The van der Waals surface area contributed by atoms with E-state index in [2.05, 4.69) is 5.32 Å². The summed E-state index contributed by atoms with van der Waals surface area (Å²) in [5, 5.41) is 12.8. The Bertz CT molecular complexity index is 730. The second-order valence-corrected chi connectivity index (χ2v) is 6.44. The Morgan fingerprint density at radius 2 is 1.77 bits per heavy atom. The van der Waals surface area contributed by atoms with Crippen LogP contribution in [0.25, 0.3) is 0 Å². The SMILES string of the molecule is COc1ccc(CC(C)N[C@@H](Cc2ccccc2)C(=O)O)c(C)c1OC. The van der Waals surface area contributed by atoms with Gasteiger partial charge in [0.2, 0.25) is 0 Å². The molecular formula is C21H27NO4. The summed E-state index contributed by atoms with van der Waals surface area (Å²) >= 11 is 0. The van der Waals surface area contributed by atoms with Crippen molar-refractivity contribution in [2.75, 3.05) is 14.2 Å². The molecule has 2 aromatic carbocycles. The Hall–Kier alpha value is -2.53. The number of rotatable bonds is 9. The van der Waals surface area contributed by atoms with E-state index in [1.165, 1.54) is 0 Å². The zero-order valence-electron chi connectivity index (χ0n) is 15.8. The average Bonchev–Trinajstić information content (AvgIpc) is 2.63. The molecule has 0 amide bonds. The lowest BCUT2D eigenvalue weighted by molar-refractivity contribution is -0.139. The predicted octanol–water partition coefficient (Wildman–Crippen LogP) is 3.23.